The fraction of sp³-hybridized carbons (Fsp3) is 0.323. The van der Waals surface area contributed by atoms with Crippen LogP contribution in [-0.4, -0.2) is 74.9 Å². The highest BCUT2D eigenvalue weighted by molar-refractivity contribution is 7.89. The number of sulfonamides is 1. The van der Waals surface area contributed by atoms with E-state index in [1.807, 2.05) is 30.3 Å². The molecular formula is C31H38N2O8S. The molecule has 3 N–H and O–H groups in total. The lowest BCUT2D eigenvalue weighted by Crippen LogP contribution is -2.51. The van der Waals surface area contributed by atoms with Crippen molar-refractivity contribution in [2.45, 2.75) is 43.4 Å². The van der Waals surface area contributed by atoms with Crippen LogP contribution in [0.1, 0.15) is 25.0 Å². The number of phenols is 1. The fourth-order valence-electron chi connectivity index (χ4n) is 4.35. The molecule has 3 rings (SSSR count). The van der Waals surface area contributed by atoms with Crippen LogP contribution in [0.5, 0.6) is 23.0 Å². The number of amides is 1. The average Bonchev–Trinajstić information content (AvgIpc) is 2.99. The van der Waals surface area contributed by atoms with E-state index in [-0.39, 0.29) is 35.1 Å². The summed E-state index contributed by atoms with van der Waals surface area (Å²) in [7, 11) is 0.328. The molecule has 1 amide bonds. The Balaban J connectivity index is 1.85. The molecule has 11 heteroatoms. The molecule has 0 heterocycles. The lowest BCUT2D eigenvalue weighted by atomic mass is 10.0. The van der Waals surface area contributed by atoms with Gasteiger partial charge in [-0.25, -0.2) is 8.42 Å². The van der Waals surface area contributed by atoms with Gasteiger partial charge < -0.3 is 29.7 Å². The van der Waals surface area contributed by atoms with Crippen molar-refractivity contribution in [1.29, 1.82) is 0 Å². The molecule has 226 valence electrons. The molecule has 0 unspecified atom stereocenters. The summed E-state index contributed by atoms with van der Waals surface area (Å²) in [5.74, 6) is 0.215. The third-order valence-electron chi connectivity index (χ3n) is 6.63. The van der Waals surface area contributed by atoms with Gasteiger partial charge in [-0.15, -0.1) is 0 Å². The number of hydrogen-bond donors (Lipinski definition) is 3. The number of aliphatic hydroxyl groups excluding tert-OH is 1. The molecule has 42 heavy (non-hydrogen) atoms. The number of ether oxygens (including phenoxy) is 3. The molecule has 0 aliphatic carbocycles. The number of aliphatic hydroxyl groups is 1. The number of methoxy groups -OCH3 is 3. The Bertz CT molecular complexity index is 1430. The highest BCUT2D eigenvalue weighted by Gasteiger charge is 2.32. The van der Waals surface area contributed by atoms with Crippen molar-refractivity contribution in [3.63, 3.8) is 0 Å². The first-order valence-corrected chi connectivity index (χ1v) is 14.8. The molecule has 0 radical (unpaired) electrons. The Morgan fingerprint density at radius 1 is 0.952 bits per heavy atom. The first-order valence-electron chi connectivity index (χ1n) is 13.3. The highest BCUT2D eigenvalue weighted by Crippen LogP contribution is 2.37. The van der Waals surface area contributed by atoms with E-state index in [2.05, 4.69) is 5.32 Å². The minimum atomic E-state index is -3.97. The molecule has 0 saturated heterocycles. The van der Waals surface area contributed by atoms with Gasteiger partial charge in [-0.2, -0.15) is 4.31 Å². The van der Waals surface area contributed by atoms with Gasteiger partial charge in [0.15, 0.2) is 11.5 Å². The summed E-state index contributed by atoms with van der Waals surface area (Å²) < 4.78 is 43.8. The van der Waals surface area contributed by atoms with Gasteiger partial charge in [0.2, 0.25) is 21.7 Å². The van der Waals surface area contributed by atoms with Crippen molar-refractivity contribution in [3.05, 3.63) is 83.9 Å². The van der Waals surface area contributed by atoms with E-state index in [1.54, 1.807) is 38.1 Å². The van der Waals surface area contributed by atoms with Crippen LogP contribution in [0.3, 0.4) is 0 Å². The van der Waals surface area contributed by atoms with Gasteiger partial charge in [-0.1, -0.05) is 30.3 Å². The fourth-order valence-corrected chi connectivity index (χ4v) is 6.00. The van der Waals surface area contributed by atoms with Crippen molar-refractivity contribution < 1.29 is 37.6 Å². The molecule has 0 bridgehead atoms. The first-order chi connectivity index (χ1) is 20.0. The van der Waals surface area contributed by atoms with Crippen LogP contribution in [0.25, 0.3) is 6.08 Å². The van der Waals surface area contributed by atoms with Crippen LogP contribution < -0.4 is 19.5 Å². The van der Waals surface area contributed by atoms with Crippen LogP contribution in [0.2, 0.25) is 0 Å². The number of aromatic hydroxyl groups is 1. The Labute approximate surface area is 247 Å². The number of hydrogen-bond acceptors (Lipinski definition) is 8. The second kappa shape index (κ2) is 14.7. The molecule has 0 aliphatic heterocycles. The normalized spacial score (nSPS) is 13.2. The van der Waals surface area contributed by atoms with E-state index < -0.39 is 34.1 Å². The number of carbonyl (C=O) groups is 1. The maximum absolute atomic E-state index is 13.5. The Hall–Kier alpha value is -4.06. The van der Waals surface area contributed by atoms with E-state index in [0.29, 0.717) is 11.3 Å². The van der Waals surface area contributed by atoms with Crippen molar-refractivity contribution in [3.8, 4) is 23.0 Å². The van der Waals surface area contributed by atoms with Gasteiger partial charge in [0, 0.05) is 18.7 Å². The van der Waals surface area contributed by atoms with Gasteiger partial charge in [-0.05, 0) is 73.9 Å². The third kappa shape index (κ3) is 8.25. The van der Waals surface area contributed by atoms with E-state index in [0.717, 1.165) is 5.56 Å². The van der Waals surface area contributed by atoms with Gasteiger partial charge >= 0.3 is 0 Å². The maximum Gasteiger partial charge on any atom is 0.244 e. The zero-order chi connectivity index (χ0) is 30.9. The predicted molar refractivity (Wildman–Crippen MR) is 160 cm³/mol. The Kier molecular flexibility index (Phi) is 11.4. The van der Waals surface area contributed by atoms with Gasteiger partial charge in [0.05, 0.1) is 38.4 Å². The number of rotatable bonds is 14. The summed E-state index contributed by atoms with van der Waals surface area (Å²) >= 11 is 0. The molecule has 0 aliphatic rings. The second-order valence-corrected chi connectivity index (χ2v) is 11.7. The van der Waals surface area contributed by atoms with Crippen LogP contribution in [0.4, 0.5) is 0 Å². The van der Waals surface area contributed by atoms with Gasteiger partial charge in [0.1, 0.15) is 5.75 Å². The summed E-state index contributed by atoms with van der Waals surface area (Å²) in [6.07, 6.45) is 1.81. The van der Waals surface area contributed by atoms with Crippen LogP contribution in [0.15, 0.2) is 77.7 Å². The molecule has 3 aromatic carbocycles. The summed E-state index contributed by atoms with van der Waals surface area (Å²) in [6.45, 7) is 3.20. The van der Waals surface area contributed by atoms with Crippen LogP contribution in [0, 0.1) is 0 Å². The lowest BCUT2D eigenvalue weighted by molar-refractivity contribution is -0.118. The minimum absolute atomic E-state index is 0.0653. The molecule has 10 nitrogen and oxygen atoms in total. The van der Waals surface area contributed by atoms with E-state index >= 15 is 0 Å². The molecular weight excluding hydrogens is 560 g/mol. The van der Waals surface area contributed by atoms with E-state index in [9.17, 15) is 23.4 Å². The molecule has 0 aromatic heterocycles. The van der Waals surface area contributed by atoms with Crippen LogP contribution >= 0.6 is 0 Å². The van der Waals surface area contributed by atoms with Crippen LogP contribution in [-0.2, 0) is 21.2 Å². The Morgan fingerprint density at radius 3 is 2.07 bits per heavy atom. The van der Waals surface area contributed by atoms with Crippen molar-refractivity contribution >= 4 is 22.0 Å². The monoisotopic (exact) mass is 598 g/mol. The molecule has 0 saturated carbocycles. The minimum Gasteiger partial charge on any atom is -0.502 e. The van der Waals surface area contributed by atoms with Crippen molar-refractivity contribution in [2.75, 3.05) is 27.9 Å². The van der Waals surface area contributed by atoms with Crippen molar-refractivity contribution in [1.82, 2.24) is 9.62 Å². The van der Waals surface area contributed by atoms with E-state index in [1.165, 1.54) is 49.9 Å². The number of nitrogens with one attached hydrogen (secondary N) is 1. The molecule has 0 spiro atoms. The smallest absolute Gasteiger partial charge is 0.244 e. The topological polar surface area (TPSA) is 135 Å². The zero-order valence-electron chi connectivity index (χ0n) is 24.4. The Morgan fingerprint density at radius 2 is 1.55 bits per heavy atom. The average molecular weight is 599 g/mol. The third-order valence-corrected chi connectivity index (χ3v) is 8.68. The number of nitrogens with zero attached hydrogens (tertiary/aromatic N) is 1. The number of benzene rings is 3. The maximum atomic E-state index is 13.5. The molecule has 2 atom stereocenters. The quantitative estimate of drug-likeness (QED) is 0.240. The lowest BCUT2D eigenvalue weighted by Gasteiger charge is -2.31. The standard InChI is InChI=1S/C31H38N2O8S/c1-21(2)33(42(37,38)25-14-12-24(39-3)13-15-25)20-27(34)26(17-22-9-7-6-8-10-22)32-30(35)16-11-23-18-28(40-4)31(36)29(19-23)41-5/h6-16,18-19,21,26-27,34,36H,17,20H2,1-5H3,(H,32,35)/b16-11+/t26-,27+/m0/s1. The summed E-state index contributed by atoms with van der Waals surface area (Å²) in [5.41, 5.74) is 1.39. The SMILES string of the molecule is COc1ccc(S(=O)(=O)N(C[C@@H](O)[C@H](Cc2ccccc2)NC(=O)/C=C/c2cc(OC)c(O)c(OC)c2)C(C)C)cc1. The van der Waals surface area contributed by atoms with E-state index in [4.69, 9.17) is 14.2 Å². The number of carbonyl (C=O) groups excluding carboxylic acids is 1. The molecule has 3 aromatic rings. The largest absolute Gasteiger partial charge is 0.502 e. The summed E-state index contributed by atoms with van der Waals surface area (Å²) in [4.78, 5) is 13.1. The highest BCUT2D eigenvalue weighted by atomic mass is 32.2. The molecule has 0 fully saturated rings. The van der Waals surface area contributed by atoms with Gasteiger partial charge in [-0.3, -0.25) is 4.79 Å². The zero-order valence-corrected chi connectivity index (χ0v) is 25.2. The summed E-state index contributed by atoms with van der Waals surface area (Å²) in [5, 5.41) is 24.3. The first kappa shape index (κ1) is 32.5. The second-order valence-electron chi connectivity index (χ2n) is 9.82. The summed E-state index contributed by atoms with van der Waals surface area (Å²) in [6, 6.07) is 17.1. The van der Waals surface area contributed by atoms with Crippen molar-refractivity contribution in [2.24, 2.45) is 0 Å². The van der Waals surface area contributed by atoms with Gasteiger partial charge in [0.25, 0.3) is 0 Å². The number of phenolic OH excluding ortho intramolecular Hbond substituents is 1. The predicted octanol–water partition coefficient (Wildman–Crippen LogP) is 3.62.